The monoisotopic (exact) mass is 590 g/mol. The summed E-state index contributed by atoms with van der Waals surface area (Å²) >= 11 is 3.67. The van der Waals surface area contributed by atoms with Crippen molar-refractivity contribution in [1.82, 2.24) is 0 Å². The number of hydrogen-bond donors (Lipinski definition) is 3. The quantitative estimate of drug-likeness (QED) is 0.200. The number of aliphatic hydroxyl groups is 2. The Balaban J connectivity index is 2.50. The van der Waals surface area contributed by atoms with Gasteiger partial charge in [-0.1, -0.05) is 83.1 Å². The average Bonchev–Trinajstić information content (AvgIpc) is 2.77. The molecule has 6 heteroatoms. The molecule has 2 unspecified atom stereocenters. The zero-order valence-corrected chi connectivity index (χ0v) is 28.8. The summed E-state index contributed by atoms with van der Waals surface area (Å²) in [7, 11) is 0. The number of rotatable bonds is 9. The first-order chi connectivity index (χ1) is 18.1. The van der Waals surface area contributed by atoms with Gasteiger partial charge in [-0.15, -0.1) is 23.5 Å². The Hall–Kier alpha value is -1.34. The molecule has 3 N–H and O–H groups in total. The van der Waals surface area contributed by atoms with Crippen molar-refractivity contribution >= 4 is 23.5 Å². The van der Waals surface area contributed by atoms with Crippen LogP contribution in [0.4, 0.5) is 0 Å². The number of aliphatic hydroxyl groups excluding tert-OH is 2. The Morgan fingerprint density at radius 3 is 1.35 bits per heavy atom. The highest BCUT2D eigenvalue weighted by Gasteiger charge is 2.30. The van der Waals surface area contributed by atoms with Gasteiger partial charge < -0.3 is 20.1 Å². The third kappa shape index (κ3) is 9.34. The zero-order chi connectivity index (χ0) is 30.8. The standard InChI is InChI=1S/C34H54O4S2/c1-21(39-23-16-25(31(2,3)4)29(37)26(17-23)32(5,6)7)40-24-18-27(33(8,9)10)30(28(19-24)34(11,12)13)38-15-14-22(36)20-35/h16-19,21-22,35-37H,14-15,20H2,1-13H3. The van der Waals surface area contributed by atoms with E-state index in [1.54, 1.807) is 0 Å². The van der Waals surface area contributed by atoms with E-state index < -0.39 is 6.10 Å². The molecule has 0 saturated heterocycles. The average molecular weight is 591 g/mol. The molecule has 0 radical (unpaired) electrons. The van der Waals surface area contributed by atoms with Gasteiger partial charge in [0.05, 0.1) is 23.9 Å². The van der Waals surface area contributed by atoms with Crippen molar-refractivity contribution in [2.45, 2.75) is 139 Å². The third-order valence-corrected chi connectivity index (χ3v) is 9.15. The van der Waals surface area contributed by atoms with E-state index in [0.717, 1.165) is 28.0 Å². The maximum atomic E-state index is 11.1. The molecule has 0 aliphatic rings. The molecule has 0 fully saturated rings. The number of ether oxygens (including phenoxy) is 1. The van der Waals surface area contributed by atoms with Crippen molar-refractivity contribution < 1.29 is 20.1 Å². The molecule has 2 aromatic carbocycles. The third-order valence-electron chi connectivity index (χ3n) is 6.89. The molecule has 4 nitrogen and oxygen atoms in total. The maximum absolute atomic E-state index is 11.1. The van der Waals surface area contributed by atoms with Gasteiger partial charge >= 0.3 is 0 Å². The first-order valence-electron chi connectivity index (χ1n) is 14.4. The fourth-order valence-electron chi connectivity index (χ4n) is 4.56. The van der Waals surface area contributed by atoms with Gasteiger partial charge in [0.1, 0.15) is 11.5 Å². The number of phenolic OH excluding ortho intramolecular Hbond substituents is 1. The molecule has 0 saturated carbocycles. The first kappa shape index (κ1) is 34.9. The van der Waals surface area contributed by atoms with E-state index in [1.807, 2.05) is 23.5 Å². The van der Waals surface area contributed by atoms with Gasteiger partial charge in [-0.3, -0.25) is 0 Å². The Bertz CT molecular complexity index is 1070. The van der Waals surface area contributed by atoms with Crippen LogP contribution in [0.5, 0.6) is 11.5 Å². The number of phenols is 1. The summed E-state index contributed by atoms with van der Waals surface area (Å²) in [6.07, 6.45) is -0.394. The molecule has 0 aromatic heterocycles. The van der Waals surface area contributed by atoms with E-state index in [-0.39, 0.29) is 32.8 Å². The SMILES string of the molecule is CC(Sc1cc(C(C)(C)C)c(O)c(C(C)(C)C)c1)Sc1cc(C(C)(C)C)c(OCCC(O)CO)c(C(C)(C)C)c1. The van der Waals surface area contributed by atoms with Crippen LogP contribution in [0, 0.1) is 0 Å². The highest BCUT2D eigenvalue weighted by atomic mass is 32.2. The molecular weight excluding hydrogens is 537 g/mol. The molecule has 0 aliphatic heterocycles. The van der Waals surface area contributed by atoms with Gasteiger partial charge in [0.25, 0.3) is 0 Å². The zero-order valence-electron chi connectivity index (χ0n) is 27.2. The van der Waals surface area contributed by atoms with Gasteiger partial charge in [-0.05, 0) is 52.8 Å². The molecule has 226 valence electrons. The van der Waals surface area contributed by atoms with Crippen molar-refractivity contribution in [3.63, 3.8) is 0 Å². The van der Waals surface area contributed by atoms with Crippen molar-refractivity contribution in [2.75, 3.05) is 13.2 Å². The van der Waals surface area contributed by atoms with Crippen LogP contribution < -0.4 is 4.74 Å². The van der Waals surface area contributed by atoms with Crippen LogP contribution in [-0.4, -0.2) is 39.2 Å². The second-order valence-electron chi connectivity index (χ2n) is 15.0. The molecule has 0 heterocycles. The molecule has 0 bridgehead atoms. The van der Waals surface area contributed by atoms with Crippen LogP contribution in [0.25, 0.3) is 0 Å². The van der Waals surface area contributed by atoms with Crippen LogP contribution in [0.15, 0.2) is 34.1 Å². The predicted molar refractivity (Wildman–Crippen MR) is 174 cm³/mol. The van der Waals surface area contributed by atoms with Gasteiger partial charge in [-0.2, -0.15) is 0 Å². The molecule has 40 heavy (non-hydrogen) atoms. The number of thioether (sulfide) groups is 2. The van der Waals surface area contributed by atoms with E-state index in [9.17, 15) is 15.3 Å². The molecule has 0 spiro atoms. The van der Waals surface area contributed by atoms with Gasteiger partial charge in [0.15, 0.2) is 0 Å². The highest BCUT2D eigenvalue weighted by Crippen LogP contribution is 2.47. The molecule has 2 aromatic rings. The van der Waals surface area contributed by atoms with E-state index in [4.69, 9.17) is 4.74 Å². The predicted octanol–water partition coefficient (Wildman–Crippen LogP) is 8.93. The summed E-state index contributed by atoms with van der Waals surface area (Å²) < 4.78 is 6.57. The largest absolute Gasteiger partial charge is 0.507 e. The number of benzene rings is 2. The highest BCUT2D eigenvalue weighted by molar-refractivity contribution is 8.17. The van der Waals surface area contributed by atoms with Gasteiger partial charge in [0.2, 0.25) is 0 Å². The number of aromatic hydroxyl groups is 1. The van der Waals surface area contributed by atoms with Crippen LogP contribution in [0.1, 0.15) is 119 Å². The van der Waals surface area contributed by atoms with E-state index >= 15 is 0 Å². The molecular formula is C34H54O4S2. The van der Waals surface area contributed by atoms with E-state index in [1.165, 1.54) is 9.79 Å². The Morgan fingerprint density at radius 2 is 1.02 bits per heavy atom. The fourth-order valence-corrected chi connectivity index (χ4v) is 6.92. The summed E-state index contributed by atoms with van der Waals surface area (Å²) in [6.45, 7) is 28.4. The van der Waals surface area contributed by atoms with Crippen LogP contribution >= 0.6 is 23.5 Å². The second-order valence-corrected chi connectivity index (χ2v) is 18.1. The lowest BCUT2D eigenvalue weighted by atomic mass is 9.79. The van der Waals surface area contributed by atoms with Crippen LogP contribution in [0.2, 0.25) is 0 Å². The lowest BCUT2D eigenvalue weighted by Crippen LogP contribution is -2.22. The molecule has 2 rings (SSSR count). The Kier molecular flexibility index (Phi) is 11.2. The first-order valence-corrected chi connectivity index (χ1v) is 16.1. The molecule has 0 amide bonds. The minimum Gasteiger partial charge on any atom is -0.507 e. The van der Waals surface area contributed by atoms with Crippen molar-refractivity contribution in [3.8, 4) is 11.5 Å². The molecule has 2 atom stereocenters. The second kappa shape index (κ2) is 12.9. The lowest BCUT2D eigenvalue weighted by Gasteiger charge is -2.31. The topological polar surface area (TPSA) is 69.9 Å². The molecule has 0 aliphatic carbocycles. The summed E-state index contributed by atoms with van der Waals surface area (Å²) in [4.78, 5) is 2.37. The van der Waals surface area contributed by atoms with Crippen LogP contribution in [0.3, 0.4) is 0 Å². The van der Waals surface area contributed by atoms with Gasteiger partial charge in [0, 0.05) is 38.5 Å². The van der Waals surface area contributed by atoms with E-state index in [2.05, 4.69) is 114 Å². The summed E-state index contributed by atoms with van der Waals surface area (Å²) in [5, 5.41) is 30.2. The summed E-state index contributed by atoms with van der Waals surface area (Å²) in [5.74, 6) is 1.30. The van der Waals surface area contributed by atoms with Gasteiger partial charge in [-0.25, -0.2) is 0 Å². The van der Waals surface area contributed by atoms with E-state index in [0.29, 0.717) is 18.8 Å². The van der Waals surface area contributed by atoms with Crippen LogP contribution in [-0.2, 0) is 21.7 Å². The Morgan fingerprint density at radius 1 is 0.675 bits per heavy atom. The van der Waals surface area contributed by atoms with Crippen molar-refractivity contribution in [1.29, 1.82) is 0 Å². The summed E-state index contributed by atoms with van der Waals surface area (Å²) in [5.41, 5.74) is 3.65. The smallest absolute Gasteiger partial charge is 0.126 e. The lowest BCUT2D eigenvalue weighted by molar-refractivity contribution is 0.0749. The fraction of sp³-hybridized carbons (Fsp3) is 0.647. The van der Waals surface area contributed by atoms with Crippen molar-refractivity contribution in [2.24, 2.45) is 0 Å². The Labute approximate surface area is 252 Å². The number of hydrogen-bond acceptors (Lipinski definition) is 6. The maximum Gasteiger partial charge on any atom is 0.126 e. The minimum atomic E-state index is -0.777. The minimum absolute atomic E-state index is 0.141. The summed E-state index contributed by atoms with van der Waals surface area (Å²) in [6, 6.07) is 8.83. The van der Waals surface area contributed by atoms with Crippen molar-refractivity contribution in [3.05, 3.63) is 46.5 Å². The normalized spacial score (nSPS) is 14.8.